The van der Waals surface area contributed by atoms with Crippen molar-refractivity contribution in [2.24, 2.45) is 46.2 Å². The Morgan fingerprint density at radius 3 is 1.24 bits per heavy atom. The number of aromatic nitrogens is 2. The maximum Gasteiger partial charge on any atom is 0.323 e. The van der Waals surface area contributed by atoms with Gasteiger partial charge in [-0.2, -0.15) is 0 Å². The van der Waals surface area contributed by atoms with Crippen molar-refractivity contribution in [3.63, 3.8) is 0 Å². The average Bonchev–Trinajstić information content (AvgIpc) is 1.58. The summed E-state index contributed by atoms with van der Waals surface area (Å²) in [4.78, 5) is 148. The summed E-state index contributed by atoms with van der Waals surface area (Å²) in [6.07, 6.45) is 6.56. The Balaban J connectivity index is 0.000000289. The van der Waals surface area contributed by atoms with Crippen LogP contribution in [0.2, 0.25) is 0 Å². The van der Waals surface area contributed by atoms with Crippen LogP contribution in [0, 0.1) is 60.7 Å². The number of fused-ring (bicyclic) bond motifs is 2. The van der Waals surface area contributed by atoms with Crippen molar-refractivity contribution in [3.8, 4) is 11.8 Å². The first kappa shape index (κ1) is 115. The SMILES string of the molecule is C=C[C@@H]1C[C@]1(CC(=O)[C@@H]1C[C@@H](Oc2nccc3cc(C)ccc23)CN1)C(=O)NS(=O)(=O)C1[CH+]C1.C=C[C@@H]1C[C@]1(CC(=O)[C@@H]1C[C@@H](Oc2nccc3cc(C)ccc23)CN1C(=O)C(CC(=O)OC(C)(C)C)[C@H](C)OC(C)(C)C)C(=O)NS(=O)(=O)C1CC1.C[C@H](OC(C)(C)C)C(CC(=O)OC(C)(C)C)C(=O)O.C[C@H](OC(C)(C)C)C(CC(=O)OC(C)(C)C)C(=O)O.C[C@H](OC(C)(C)C)C(N)C(=O)O. The van der Waals surface area contributed by atoms with Gasteiger partial charge < -0.3 is 73.9 Å². The monoisotopic (exact) mass is 1950 g/mol. The number of allylic oxidation sites excluding steroid dienone is 2. The topological polar surface area (TPSA) is 491 Å². The minimum Gasteiger partial charge on any atom is -0.481 e. The lowest BCUT2D eigenvalue weighted by Crippen LogP contribution is -2.49. The highest BCUT2D eigenvalue weighted by Crippen LogP contribution is 2.58. The van der Waals surface area contributed by atoms with Gasteiger partial charge in [-0.15, -0.1) is 13.2 Å². The van der Waals surface area contributed by atoms with E-state index in [0.29, 0.717) is 50.4 Å². The van der Waals surface area contributed by atoms with Crippen molar-refractivity contribution >= 4 is 107 Å². The summed E-state index contributed by atoms with van der Waals surface area (Å²) < 4.78 is 106. The second-order valence-electron chi connectivity index (χ2n) is 43.4. The van der Waals surface area contributed by atoms with Gasteiger partial charge in [-0.25, -0.2) is 31.5 Å². The van der Waals surface area contributed by atoms with Gasteiger partial charge in [-0.1, -0.05) is 47.5 Å². The fourth-order valence-electron chi connectivity index (χ4n) is 16.1. The third-order valence-electron chi connectivity index (χ3n) is 22.7. The molecule has 2 aromatic heterocycles. The first-order valence-corrected chi connectivity index (χ1v) is 49.5. The fraction of sp³-hybridized carbons (Fsp3) is 0.660. The van der Waals surface area contributed by atoms with Crippen LogP contribution >= 0.6 is 0 Å². The summed E-state index contributed by atoms with van der Waals surface area (Å²) in [5.74, 6) is -9.70. The van der Waals surface area contributed by atoms with Crippen molar-refractivity contribution in [3.05, 3.63) is 104 Å². The van der Waals surface area contributed by atoms with E-state index in [1.807, 2.05) is 139 Å². The Labute approximate surface area is 802 Å². The molecule has 5 unspecified atom stereocenters. The average molecular weight is 1950 g/mol. The number of pyridine rings is 2. The van der Waals surface area contributed by atoms with Crippen LogP contribution in [0.25, 0.3) is 21.5 Å². The standard InChI is InChI=1S/C39H53N3O9S.C25H27N3O5S.2C14H26O5.C8H17NO3/c1-10-26-20-39(26,36(46)41-52(47,48)28-12-13-28)21-32(43)31-18-27(49-34-29-14-11-23(2)17-25(29)15-16-40-34)22-42(31)35(45)30(24(3)50-37(4,5)6)19-33(44)51-38(7,8)9;1-3-17-12-25(17,24(30)28-34(31,32)19-5-6-19)13-22(29)21-11-18(14-27-21)33-23-20-7-4-15(2)10-16(20)8-9-26-23;2*1-9(18-13(2,3)4)10(12(16)17)8-11(15)19-14(5,6)7;1-5(6(9)7(10)11)12-8(2,3)4/h10-11,14-17,24,26-28,30-31H,1,12-13,18-22H2,2-9H3,(H,41,46);3-5,7-10,17-19,21,27H,1,6,11-14H2,2H3;2*9-10H,8H2,1-7H3,(H,16,17);5-6H,9H2,1-4H3,(H,10,11)/p+1/t24-,26+,27+,30?,31-,39+;17-,18-,19?,21+,25-;2*9-,10?;5-,6?/m01000/s1. The molecule has 2 aromatic carbocycles. The normalized spacial score (nSPS) is 22.7. The minimum atomic E-state index is -3.86. The third-order valence-corrected chi connectivity index (χ3v) is 26.2. The Hall–Kier alpha value is -9.56. The lowest BCUT2D eigenvalue weighted by atomic mass is 9.90. The number of aliphatic carboxylic acids is 3. The number of hydrogen-bond acceptors (Lipinski definition) is 28. The number of carbonyl (C=O) groups excluding carboxylic acids is 8. The number of carboxylic acids is 3. The molecule has 6 fully saturated rings. The summed E-state index contributed by atoms with van der Waals surface area (Å²) in [5.41, 5.74) is 1.27. The van der Waals surface area contributed by atoms with Crippen LogP contribution in [-0.2, 0) is 106 Å². The van der Waals surface area contributed by atoms with Crippen molar-refractivity contribution in [2.45, 2.75) is 368 Å². The molecule has 3 amide bonds. The van der Waals surface area contributed by atoms with Crippen LogP contribution in [0.4, 0.5) is 0 Å². The molecule has 34 nitrogen and oxygen atoms in total. The van der Waals surface area contributed by atoms with E-state index >= 15 is 0 Å². The largest absolute Gasteiger partial charge is 0.481 e. The zero-order chi connectivity index (χ0) is 103. The van der Waals surface area contributed by atoms with Crippen LogP contribution in [0.15, 0.2) is 86.2 Å². The number of nitrogens with one attached hydrogen (secondary N) is 3. The Morgan fingerprint density at radius 2 is 0.890 bits per heavy atom. The van der Waals surface area contributed by atoms with E-state index in [4.69, 9.17) is 53.5 Å². The van der Waals surface area contributed by atoms with E-state index in [1.54, 1.807) is 121 Å². The molecule has 758 valence electrons. The Kier molecular flexibility index (Phi) is 39.0. The van der Waals surface area contributed by atoms with Gasteiger partial charge in [0.05, 0.1) is 119 Å². The highest BCUT2D eigenvalue weighted by molar-refractivity contribution is 7.91. The number of benzene rings is 2. The van der Waals surface area contributed by atoms with Gasteiger partial charge in [0, 0.05) is 55.4 Å². The van der Waals surface area contributed by atoms with Crippen LogP contribution < -0.4 is 30.0 Å². The molecule has 36 heteroatoms. The lowest BCUT2D eigenvalue weighted by molar-refractivity contribution is -0.166. The minimum absolute atomic E-state index is 0.00632. The number of sulfonamides is 2. The number of ether oxygens (including phenoxy) is 9. The first-order valence-electron chi connectivity index (χ1n) is 46.4. The Morgan fingerprint density at radius 1 is 0.522 bits per heavy atom. The number of nitrogens with two attached hydrogens (primary N) is 1. The van der Waals surface area contributed by atoms with Gasteiger partial charge in [-0.3, -0.25) is 57.5 Å². The van der Waals surface area contributed by atoms with Crippen LogP contribution in [0.3, 0.4) is 0 Å². The summed E-state index contributed by atoms with van der Waals surface area (Å²) >= 11 is 0. The fourth-order valence-corrected chi connectivity index (χ4v) is 18.7. The van der Waals surface area contributed by atoms with E-state index < -0.39 is 207 Å². The molecule has 4 saturated carbocycles. The highest BCUT2D eigenvalue weighted by atomic mass is 32.2. The quantitative estimate of drug-likeness (QED) is 0.00962. The van der Waals surface area contributed by atoms with E-state index in [9.17, 15) is 79.8 Å². The summed E-state index contributed by atoms with van der Waals surface area (Å²) in [5, 5.41) is 32.6. The predicted molar refractivity (Wildman–Crippen MR) is 513 cm³/mol. The zero-order valence-electron chi connectivity index (χ0n) is 84.4. The maximum absolute atomic E-state index is 14.7. The van der Waals surface area contributed by atoms with Gasteiger partial charge in [0.2, 0.25) is 39.5 Å². The van der Waals surface area contributed by atoms with Crippen LogP contribution in [0.1, 0.15) is 261 Å². The molecule has 0 bridgehead atoms. The number of carboxylic acid groups (broad SMARTS) is 3. The number of Topliss-reactive ketones (excluding diaryl/α,β-unsaturated/α-hetero) is 2. The zero-order valence-corrected chi connectivity index (χ0v) is 86.1. The van der Waals surface area contributed by atoms with Crippen molar-refractivity contribution in [2.75, 3.05) is 13.1 Å². The molecular weight excluding hydrogens is 1800 g/mol. The Bertz CT molecular complexity index is 5110. The summed E-state index contributed by atoms with van der Waals surface area (Å²) in [6, 6.07) is 13.3. The van der Waals surface area contributed by atoms with E-state index in [-0.39, 0.29) is 74.9 Å². The van der Waals surface area contributed by atoms with Crippen LogP contribution in [-0.4, -0.2) is 230 Å². The number of aryl methyl sites for hydroxylation is 2. The molecule has 136 heavy (non-hydrogen) atoms. The molecule has 6 aliphatic rings. The second-order valence-corrected chi connectivity index (χ2v) is 47.3. The third kappa shape index (κ3) is 36.3. The number of rotatable bonds is 36. The van der Waals surface area contributed by atoms with E-state index in [2.05, 4.69) is 44.0 Å². The molecular formula is C100H150N7O27S2+. The smallest absolute Gasteiger partial charge is 0.323 e. The van der Waals surface area contributed by atoms with E-state index in [1.165, 1.54) is 4.90 Å². The number of carbonyl (C=O) groups is 11. The molecule has 0 spiro atoms. The summed E-state index contributed by atoms with van der Waals surface area (Å²) in [6.45, 7) is 56.7. The van der Waals surface area contributed by atoms with Gasteiger partial charge in [0.15, 0.2) is 11.6 Å². The molecule has 2 aliphatic heterocycles. The predicted octanol–water partition coefficient (Wildman–Crippen LogP) is 13.3. The number of amides is 3. The number of hydrogen-bond donors (Lipinski definition) is 7. The van der Waals surface area contributed by atoms with Crippen LogP contribution in [0.5, 0.6) is 11.8 Å². The number of ketones is 2. The molecule has 17 atom stereocenters. The molecule has 4 heterocycles. The number of esters is 3. The molecule has 0 radical (unpaired) electrons. The lowest BCUT2D eigenvalue weighted by Gasteiger charge is -2.34. The van der Waals surface area contributed by atoms with Gasteiger partial charge in [0.25, 0.3) is 15.3 Å². The molecule has 2 saturated heterocycles. The van der Waals surface area contributed by atoms with Crippen molar-refractivity contribution in [1.29, 1.82) is 0 Å². The molecule has 8 N–H and O–H groups in total. The first-order chi connectivity index (χ1) is 62.2. The second kappa shape index (κ2) is 46.0. The van der Waals surface area contributed by atoms with Gasteiger partial charge >= 0.3 is 35.8 Å². The van der Waals surface area contributed by atoms with Gasteiger partial charge in [-0.05, 0) is 259 Å². The molecule has 10 rings (SSSR count). The number of nitrogens with zero attached hydrogens (tertiary/aromatic N) is 3. The maximum atomic E-state index is 14.7. The molecule has 4 aliphatic carbocycles. The van der Waals surface area contributed by atoms with E-state index in [0.717, 1.165) is 32.7 Å². The summed E-state index contributed by atoms with van der Waals surface area (Å²) in [7, 11) is -7.58. The highest BCUT2D eigenvalue weighted by Gasteiger charge is 2.64. The number of likely N-dealkylation sites (tertiary alicyclic amines) is 1. The van der Waals surface area contributed by atoms with Crippen molar-refractivity contribution < 1.29 is 128 Å². The van der Waals surface area contributed by atoms with Gasteiger partial charge in [0.1, 0.15) is 47.9 Å². The molecule has 4 aromatic rings. The van der Waals surface area contributed by atoms with Crippen molar-refractivity contribution in [1.82, 2.24) is 29.6 Å².